The van der Waals surface area contributed by atoms with Gasteiger partial charge >= 0.3 is 0 Å². The van der Waals surface area contributed by atoms with E-state index in [0.717, 1.165) is 5.69 Å². The fraction of sp³-hybridized carbons (Fsp3) is 0.250. The van der Waals surface area contributed by atoms with Gasteiger partial charge in [-0.2, -0.15) is 0 Å². The van der Waals surface area contributed by atoms with Gasteiger partial charge in [-0.25, -0.2) is 4.39 Å². The molecule has 2 aromatic carbocycles. The highest BCUT2D eigenvalue weighted by molar-refractivity contribution is 6.30. The molecule has 0 aliphatic rings. The lowest BCUT2D eigenvalue weighted by Gasteiger charge is -2.13. The van der Waals surface area contributed by atoms with Crippen molar-refractivity contribution in [2.75, 3.05) is 18.5 Å². The van der Waals surface area contributed by atoms with E-state index in [1.807, 2.05) is 12.1 Å². The van der Waals surface area contributed by atoms with Gasteiger partial charge in [-0.15, -0.1) is 0 Å². The summed E-state index contributed by atoms with van der Waals surface area (Å²) in [7, 11) is 0. The maximum atomic E-state index is 13.4. The van der Waals surface area contributed by atoms with Crippen molar-refractivity contribution in [3.05, 3.63) is 64.9 Å². The summed E-state index contributed by atoms with van der Waals surface area (Å²) in [5.41, 5.74) is 1.35. The van der Waals surface area contributed by atoms with Gasteiger partial charge in [0, 0.05) is 22.8 Å². The summed E-state index contributed by atoms with van der Waals surface area (Å²) in [6, 6.07) is 13.6. The lowest BCUT2D eigenvalue weighted by molar-refractivity contribution is 0.0338. The van der Waals surface area contributed by atoms with E-state index in [1.54, 1.807) is 30.3 Å². The molecule has 0 bridgehead atoms. The minimum Gasteiger partial charge on any atom is -0.389 e. The predicted molar refractivity (Wildman–Crippen MR) is 82.0 cm³/mol. The molecule has 0 aliphatic heterocycles. The summed E-state index contributed by atoms with van der Waals surface area (Å²) < 4.78 is 18.7. The average Bonchev–Trinajstić information content (AvgIpc) is 2.49. The molecule has 1 atom stereocenters. The smallest absolute Gasteiger partial charge is 0.128 e. The van der Waals surface area contributed by atoms with Crippen LogP contribution in [-0.2, 0) is 11.3 Å². The Bertz CT molecular complexity index is 562. The normalized spacial score (nSPS) is 12.1. The highest BCUT2D eigenvalue weighted by atomic mass is 35.5. The molecule has 21 heavy (non-hydrogen) atoms. The second-order valence-corrected chi connectivity index (χ2v) is 5.08. The number of anilines is 1. The van der Waals surface area contributed by atoms with E-state index >= 15 is 0 Å². The second-order valence-electron chi connectivity index (χ2n) is 4.65. The average molecular weight is 310 g/mol. The number of ether oxygens (including phenoxy) is 1. The van der Waals surface area contributed by atoms with Crippen LogP contribution in [0.25, 0.3) is 0 Å². The quantitative estimate of drug-likeness (QED) is 0.823. The van der Waals surface area contributed by atoms with Gasteiger partial charge in [0.1, 0.15) is 5.82 Å². The number of nitrogens with one attached hydrogen (secondary N) is 1. The van der Waals surface area contributed by atoms with Crippen molar-refractivity contribution in [1.82, 2.24) is 0 Å². The number of rotatable bonds is 7. The van der Waals surface area contributed by atoms with E-state index in [-0.39, 0.29) is 19.0 Å². The van der Waals surface area contributed by atoms with Gasteiger partial charge in [-0.3, -0.25) is 0 Å². The van der Waals surface area contributed by atoms with E-state index in [2.05, 4.69) is 5.32 Å². The molecule has 0 aliphatic carbocycles. The summed E-state index contributed by atoms with van der Waals surface area (Å²) in [4.78, 5) is 0. The highest BCUT2D eigenvalue weighted by Crippen LogP contribution is 2.13. The summed E-state index contributed by atoms with van der Waals surface area (Å²) in [5, 5.41) is 13.5. The highest BCUT2D eigenvalue weighted by Gasteiger charge is 2.06. The number of hydrogen-bond donors (Lipinski definition) is 2. The zero-order valence-corrected chi connectivity index (χ0v) is 12.2. The first-order valence-corrected chi connectivity index (χ1v) is 7.01. The Balaban J connectivity index is 1.69. The molecular weight excluding hydrogens is 293 g/mol. The van der Waals surface area contributed by atoms with Gasteiger partial charge in [0.05, 0.1) is 19.3 Å². The van der Waals surface area contributed by atoms with Crippen LogP contribution in [0, 0.1) is 5.82 Å². The molecule has 1 unspecified atom stereocenters. The van der Waals surface area contributed by atoms with Gasteiger partial charge in [0.2, 0.25) is 0 Å². The third-order valence-electron chi connectivity index (χ3n) is 2.91. The van der Waals surface area contributed by atoms with Gasteiger partial charge in [-0.05, 0) is 30.3 Å². The van der Waals surface area contributed by atoms with Crippen molar-refractivity contribution in [2.45, 2.75) is 12.7 Å². The van der Waals surface area contributed by atoms with Crippen molar-refractivity contribution < 1.29 is 14.2 Å². The van der Waals surface area contributed by atoms with E-state index in [1.165, 1.54) is 6.07 Å². The molecule has 2 N–H and O–H groups in total. The first-order valence-electron chi connectivity index (χ1n) is 6.64. The molecule has 3 nitrogen and oxygen atoms in total. The van der Waals surface area contributed by atoms with Crippen LogP contribution in [0.2, 0.25) is 5.02 Å². The van der Waals surface area contributed by atoms with E-state index in [0.29, 0.717) is 17.1 Å². The predicted octanol–water partition coefficient (Wildman–Crippen LogP) is 3.47. The van der Waals surface area contributed by atoms with E-state index < -0.39 is 6.10 Å². The minimum absolute atomic E-state index is 0.134. The van der Waals surface area contributed by atoms with Crippen LogP contribution < -0.4 is 5.32 Å². The molecule has 0 saturated heterocycles. The molecule has 0 heterocycles. The number of aliphatic hydroxyl groups is 1. The summed E-state index contributed by atoms with van der Waals surface area (Å²) in [5.74, 6) is -0.300. The first-order chi connectivity index (χ1) is 10.1. The molecule has 2 aromatic rings. The van der Waals surface area contributed by atoms with Crippen LogP contribution in [0.4, 0.5) is 10.1 Å². The number of halogens is 2. The summed E-state index contributed by atoms with van der Waals surface area (Å²) in [6.45, 7) is 0.624. The zero-order chi connectivity index (χ0) is 15.1. The van der Waals surface area contributed by atoms with Crippen LogP contribution in [0.1, 0.15) is 5.56 Å². The Morgan fingerprint density at radius 1 is 1.14 bits per heavy atom. The monoisotopic (exact) mass is 309 g/mol. The Morgan fingerprint density at radius 2 is 1.86 bits per heavy atom. The van der Waals surface area contributed by atoms with Crippen molar-refractivity contribution in [2.24, 2.45) is 0 Å². The largest absolute Gasteiger partial charge is 0.389 e. The van der Waals surface area contributed by atoms with E-state index in [4.69, 9.17) is 16.3 Å². The molecular formula is C16H17ClFNO2. The maximum Gasteiger partial charge on any atom is 0.128 e. The maximum absolute atomic E-state index is 13.4. The number of hydrogen-bond acceptors (Lipinski definition) is 3. The van der Waals surface area contributed by atoms with Gasteiger partial charge < -0.3 is 15.2 Å². The third-order valence-corrected chi connectivity index (χ3v) is 3.16. The summed E-state index contributed by atoms with van der Waals surface area (Å²) >= 11 is 5.79. The van der Waals surface area contributed by atoms with Crippen molar-refractivity contribution in [3.63, 3.8) is 0 Å². The van der Waals surface area contributed by atoms with Crippen LogP contribution >= 0.6 is 11.6 Å². The minimum atomic E-state index is -0.674. The van der Waals surface area contributed by atoms with Gasteiger partial charge in [0.15, 0.2) is 0 Å². The van der Waals surface area contributed by atoms with Gasteiger partial charge in [-0.1, -0.05) is 29.8 Å². The Kier molecular flexibility index (Phi) is 5.99. The van der Waals surface area contributed by atoms with Crippen LogP contribution in [0.5, 0.6) is 0 Å². The van der Waals surface area contributed by atoms with Crippen LogP contribution in [-0.4, -0.2) is 24.4 Å². The molecule has 112 valence electrons. The number of aliphatic hydroxyl groups excluding tert-OH is 1. The molecule has 2 rings (SSSR count). The topological polar surface area (TPSA) is 41.5 Å². The summed E-state index contributed by atoms with van der Waals surface area (Å²) in [6.07, 6.45) is -0.674. The zero-order valence-electron chi connectivity index (χ0n) is 11.4. The molecule has 0 saturated carbocycles. The molecule has 5 heteroatoms. The third kappa shape index (κ3) is 5.34. The first kappa shape index (κ1) is 15.8. The van der Waals surface area contributed by atoms with E-state index in [9.17, 15) is 9.50 Å². The Labute approximate surface area is 128 Å². The molecule has 0 spiro atoms. The Hall–Kier alpha value is -1.62. The van der Waals surface area contributed by atoms with Crippen LogP contribution in [0.3, 0.4) is 0 Å². The standard InChI is InChI=1S/C16H17ClFNO2/c17-13-5-7-14(8-6-13)19-9-15(20)11-21-10-12-3-1-2-4-16(12)18/h1-8,15,19-20H,9-11H2. The Morgan fingerprint density at radius 3 is 2.57 bits per heavy atom. The second kappa shape index (κ2) is 7.98. The molecule has 0 aromatic heterocycles. The SMILES string of the molecule is OC(CNc1ccc(Cl)cc1)COCc1ccccc1F. The number of benzene rings is 2. The van der Waals surface area contributed by atoms with Crippen molar-refractivity contribution in [3.8, 4) is 0 Å². The lowest BCUT2D eigenvalue weighted by atomic mass is 10.2. The van der Waals surface area contributed by atoms with Crippen LogP contribution in [0.15, 0.2) is 48.5 Å². The lowest BCUT2D eigenvalue weighted by Crippen LogP contribution is -2.24. The van der Waals surface area contributed by atoms with Crippen molar-refractivity contribution >= 4 is 17.3 Å². The fourth-order valence-electron chi connectivity index (χ4n) is 1.78. The fourth-order valence-corrected chi connectivity index (χ4v) is 1.91. The molecule has 0 amide bonds. The van der Waals surface area contributed by atoms with Gasteiger partial charge in [0.25, 0.3) is 0 Å². The molecule has 0 radical (unpaired) electrons. The van der Waals surface area contributed by atoms with Crippen molar-refractivity contribution in [1.29, 1.82) is 0 Å². The molecule has 0 fully saturated rings.